The third-order valence-electron chi connectivity index (χ3n) is 3.33. The van der Waals surface area contributed by atoms with Crippen molar-refractivity contribution < 1.29 is 19.4 Å². The van der Waals surface area contributed by atoms with Crippen molar-refractivity contribution in [1.82, 2.24) is 10.6 Å². The smallest absolute Gasteiger partial charge is 0.408 e. The minimum atomic E-state index is -0.563. The minimum Gasteiger partial charge on any atom is -0.444 e. The molecule has 6 nitrogen and oxygen atoms in total. The highest BCUT2D eigenvalue weighted by molar-refractivity contribution is 5.68. The van der Waals surface area contributed by atoms with Crippen LogP contribution >= 0.6 is 0 Å². The molecule has 0 fully saturated rings. The summed E-state index contributed by atoms with van der Waals surface area (Å²) in [6, 6.07) is 9.43. The van der Waals surface area contributed by atoms with Crippen molar-refractivity contribution in [3.05, 3.63) is 35.9 Å². The Morgan fingerprint density at radius 3 is 2.50 bits per heavy atom. The van der Waals surface area contributed by atoms with Gasteiger partial charge in [0.05, 0.1) is 25.9 Å². The van der Waals surface area contributed by atoms with Crippen LogP contribution in [0.25, 0.3) is 0 Å². The Morgan fingerprint density at radius 1 is 1.25 bits per heavy atom. The Bertz CT molecular complexity index is 474. The predicted octanol–water partition coefficient (Wildman–Crippen LogP) is 2.07. The highest BCUT2D eigenvalue weighted by Gasteiger charge is 2.22. The molecule has 0 bridgehead atoms. The molecule has 1 aromatic carbocycles. The van der Waals surface area contributed by atoms with Crippen molar-refractivity contribution in [2.75, 3.05) is 19.8 Å². The molecule has 0 aliphatic rings. The van der Waals surface area contributed by atoms with Crippen LogP contribution in [0, 0.1) is 0 Å². The number of hydrogen-bond acceptors (Lipinski definition) is 5. The number of aliphatic hydroxyl groups is 1. The SMILES string of the molecule is CC(NCCOCc1ccccc1)[C@H](CO)NC(=O)OC(C)(C)C. The van der Waals surface area contributed by atoms with Gasteiger partial charge in [-0.3, -0.25) is 0 Å². The highest BCUT2D eigenvalue weighted by atomic mass is 16.6. The van der Waals surface area contributed by atoms with Crippen molar-refractivity contribution in [3.8, 4) is 0 Å². The Labute approximate surface area is 144 Å². The van der Waals surface area contributed by atoms with Crippen LogP contribution in [0.5, 0.6) is 0 Å². The fourth-order valence-electron chi connectivity index (χ4n) is 2.05. The van der Waals surface area contributed by atoms with E-state index < -0.39 is 17.7 Å². The minimum absolute atomic E-state index is 0.108. The lowest BCUT2D eigenvalue weighted by molar-refractivity contribution is 0.0465. The fourth-order valence-corrected chi connectivity index (χ4v) is 2.05. The normalized spacial score (nSPS) is 14.0. The monoisotopic (exact) mass is 338 g/mol. The van der Waals surface area contributed by atoms with Crippen molar-refractivity contribution >= 4 is 6.09 Å². The maximum atomic E-state index is 11.8. The number of benzene rings is 1. The maximum absolute atomic E-state index is 11.8. The lowest BCUT2D eigenvalue weighted by Gasteiger charge is -2.26. The second-order valence-electron chi connectivity index (χ2n) is 6.72. The van der Waals surface area contributed by atoms with Gasteiger partial charge in [0.1, 0.15) is 5.60 Å². The molecule has 1 rings (SSSR count). The summed E-state index contributed by atoms with van der Waals surface area (Å²) in [4.78, 5) is 11.8. The predicted molar refractivity (Wildman–Crippen MR) is 93.8 cm³/mol. The van der Waals surface area contributed by atoms with E-state index in [2.05, 4.69) is 10.6 Å². The average molecular weight is 338 g/mol. The van der Waals surface area contributed by atoms with Gasteiger partial charge in [-0.2, -0.15) is 0 Å². The summed E-state index contributed by atoms with van der Waals surface area (Å²) >= 11 is 0. The Kier molecular flexibility index (Phi) is 8.74. The molecule has 1 unspecified atom stereocenters. The van der Waals surface area contributed by atoms with Crippen LogP contribution in [0.2, 0.25) is 0 Å². The van der Waals surface area contributed by atoms with E-state index in [9.17, 15) is 9.90 Å². The molecule has 0 radical (unpaired) electrons. The first-order chi connectivity index (χ1) is 11.3. The third-order valence-corrected chi connectivity index (χ3v) is 3.33. The quantitative estimate of drug-likeness (QED) is 0.601. The van der Waals surface area contributed by atoms with Crippen molar-refractivity contribution in [2.24, 2.45) is 0 Å². The fraction of sp³-hybridized carbons (Fsp3) is 0.611. The van der Waals surface area contributed by atoms with Gasteiger partial charge in [-0.15, -0.1) is 0 Å². The molecule has 24 heavy (non-hydrogen) atoms. The number of carbonyl (C=O) groups excluding carboxylic acids is 1. The van der Waals surface area contributed by atoms with E-state index in [1.165, 1.54) is 0 Å². The van der Waals surface area contributed by atoms with Crippen molar-refractivity contribution in [3.63, 3.8) is 0 Å². The molecule has 0 saturated carbocycles. The van der Waals surface area contributed by atoms with E-state index in [0.717, 1.165) is 5.56 Å². The van der Waals surface area contributed by atoms with Crippen LogP contribution in [0.15, 0.2) is 30.3 Å². The summed E-state index contributed by atoms with van der Waals surface area (Å²) in [5.74, 6) is 0. The molecule has 1 amide bonds. The van der Waals surface area contributed by atoms with Gasteiger partial charge in [0.15, 0.2) is 0 Å². The second-order valence-corrected chi connectivity index (χ2v) is 6.72. The molecule has 0 aromatic heterocycles. The maximum Gasteiger partial charge on any atom is 0.408 e. The van der Waals surface area contributed by atoms with Gasteiger partial charge < -0.3 is 25.2 Å². The van der Waals surface area contributed by atoms with Gasteiger partial charge in [-0.1, -0.05) is 30.3 Å². The van der Waals surface area contributed by atoms with Crippen LogP contribution in [-0.4, -0.2) is 48.6 Å². The van der Waals surface area contributed by atoms with E-state index >= 15 is 0 Å². The molecular weight excluding hydrogens is 308 g/mol. The first kappa shape index (κ1) is 20.4. The van der Waals surface area contributed by atoms with Gasteiger partial charge in [-0.05, 0) is 33.3 Å². The Morgan fingerprint density at radius 2 is 1.92 bits per heavy atom. The van der Waals surface area contributed by atoms with E-state index in [-0.39, 0.29) is 12.6 Å². The van der Waals surface area contributed by atoms with Crippen LogP contribution in [0.1, 0.15) is 33.3 Å². The summed E-state index contributed by atoms with van der Waals surface area (Å²) in [5, 5.41) is 15.4. The first-order valence-corrected chi connectivity index (χ1v) is 8.27. The number of aliphatic hydroxyl groups excluding tert-OH is 1. The van der Waals surface area contributed by atoms with Gasteiger partial charge in [0, 0.05) is 12.6 Å². The standard InChI is InChI=1S/C18H30N2O4/c1-14(16(12-21)20-17(22)24-18(2,3)4)19-10-11-23-13-15-8-6-5-7-9-15/h5-9,14,16,19,21H,10-13H2,1-4H3,(H,20,22)/t14?,16-/m0/s1. The van der Waals surface area contributed by atoms with Gasteiger partial charge in [-0.25, -0.2) is 4.79 Å². The second kappa shape index (κ2) is 10.3. The summed E-state index contributed by atoms with van der Waals surface area (Å²) in [7, 11) is 0. The molecule has 1 aromatic rings. The van der Waals surface area contributed by atoms with Crippen molar-refractivity contribution in [2.45, 2.75) is 52.0 Å². The van der Waals surface area contributed by atoms with E-state index in [1.54, 1.807) is 20.8 Å². The van der Waals surface area contributed by atoms with Crippen LogP contribution in [0.4, 0.5) is 4.79 Å². The van der Waals surface area contributed by atoms with Crippen molar-refractivity contribution in [1.29, 1.82) is 0 Å². The topological polar surface area (TPSA) is 79.8 Å². The number of hydrogen-bond donors (Lipinski definition) is 3. The number of alkyl carbamates (subject to hydrolysis) is 1. The zero-order valence-electron chi connectivity index (χ0n) is 15.0. The molecule has 0 heterocycles. The zero-order chi connectivity index (χ0) is 18.0. The summed E-state index contributed by atoms with van der Waals surface area (Å²) in [5.41, 5.74) is 0.567. The van der Waals surface area contributed by atoms with E-state index in [1.807, 2.05) is 37.3 Å². The van der Waals surface area contributed by atoms with E-state index in [4.69, 9.17) is 9.47 Å². The third kappa shape index (κ3) is 8.86. The highest BCUT2D eigenvalue weighted by Crippen LogP contribution is 2.07. The number of carbonyl (C=O) groups is 1. The van der Waals surface area contributed by atoms with E-state index in [0.29, 0.717) is 19.8 Å². The molecule has 0 saturated heterocycles. The van der Waals surface area contributed by atoms with Crippen LogP contribution < -0.4 is 10.6 Å². The van der Waals surface area contributed by atoms with Crippen LogP contribution in [-0.2, 0) is 16.1 Å². The number of ether oxygens (including phenoxy) is 2. The molecule has 0 aliphatic carbocycles. The summed E-state index contributed by atoms with van der Waals surface area (Å²) < 4.78 is 10.8. The molecule has 0 aliphatic heterocycles. The summed E-state index contributed by atoms with van der Waals surface area (Å²) in [6.45, 7) is 8.86. The number of amides is 1. The molecule has 6 heteroatoms. The number of nitrogens with one attached hydrogen (secondary N) is 2. The number of rotatable bonds is 9. The lowest BCUT2D eigenvalue weighted by atomic mass is 10.1. The molecule has 3 N–H and O–H groups in total. The zero-order valence-corrected chi connectivity index (χ0v) is 15.0. The largest absolute Gasteiger partial charge is 0.444 e. The first-order valence-electron chi connectivity index (χ1n) is 8.27. The van der Waals surface area contributed by atoms with Gasteiger partial charge >= 0.3 is 6.09 Å². The van der Waals surface area contributed by atoms with Gasteiger partial charge in [0.2, 0.25) is 0 Å². The molecule has 0 spiro atoms. The lowest BCUT2D eigenvalue weighted by Crippen LogP contribution is -2.52. The van der Waals surface area contributed by atoms with Crippen LogP contribution in [0.3, 0.4) is 0 Å². The molecular formula is C18H30N2O4. The molecule has 136 valence electrons. The molecule has 2 atom stereocenters. The van der Waals surface area contributed by atoms with Gasteiger partial charge in [0.25, 0.3) is 0 Å². The Balaban J connectivity index is 2.24. The Hall–Kier alpha value is -1.63. The average Bonchev–Trinajstić information content (AvgIpc) is 2.51. The summed E-state index contributed by atoms with van der Waals surface area (Å²) in [6.07, 6.45) is -0.532.